The van der Waals surface area contributed by atoms with Gasteiger partial charge in [0.1, 0.15) is 0 Å². The van der Waals surface area contributed by atoms with E-state index in [4.69, 9.17) is 4.74 Å². The molecule has 0 amide bonds. The van der Waals surface area contributed by atoms with Gasteiger partial charge in [-0.2, -0.15) is 0 Å². The highest BCUT2D eigenvalue weighted by atomic mass is 32.2. The third-order valence-electron chi connectivity index (χ3n) is 1.56. The molecular weight excluding hydrogens is 202 g/mol. The first-order chi connectivity index (χ1) is 6.88. The van der Waals surface area contributed by atoms with Crippen LogP contribution in [-0.4, -0.2) is 46.3 Å². The Morgan fingerprint density at radius 1 is 1.57 bits per heavy atom. The SMILES string of the molecule is CCNCCn1nnnc1SCOC. The second kappa shape index (κ2) is 6.74. The summed E-state index contributed by atoms with van der Waals surface area (Å²) in [6, 6.07) is 0. The quantitative estimate of drug-likeness (QED) is 0.393. The number of nitrogens with one attached hydrogen (secondary N) is 1. The van der Waals surface area contributed by atoms with E-state index in [0.717, 1.165) is 24.8 Å². The molecule has 7 heteroatoms. The lowest BCUT2D eigenvalue weighted by Gasteiger charge is -2.03. The van der Waals surface area contributed by atoms with Gasteiger partial charge < -0.3 is 10.1 Å². The summed E-state index contributed by atoms with van der Waals surface area (Å²) in [7, 11) is 1.65. The van der Waals surface area contributed by atoms with E-state index < -0.39 is 0 Å². The molecule has 1 N–H and O–H groups in total. The normalized spacial score (nSPS) is 10.7. The fourth-order valence-corrected chi connectivity index (χ4v) is 1.51. The highest BCUT2D eigenvalue weighted by Crippen LogP contribution is 2.12. The van der Waals surface area contributed by atoms with E-state index in [0.29, 0.717) is 5.94 Å². The zero-order valence-corrected chi connectivity index (χ0v) is 9.25. The fraction of sp³-hybridized carbons (Fsp3) is 0.857. The second-order valence-electron chi connectivity index (χ2n) is 2.59. The zero-order valence-electron chi connectivity index (χ0n) is 8.43. The number of rotatable bonds is 7. The summed E-state index contributed by atoms with van der Waals surface area (Å²) in [4.78, 5) is 0. The molecule has 0 bridgehead atoms. The van der Waals surface area contributed by atoms with Crippen molar-refractivity contribution in [2.45, 2.75) is 18.6 Å². The van der Waals surface area contributed by atoms with Crippen LogP contribution in [0.3, 0.4) is 0 Å². The number of hydrogen-bond acceptors (Lipinski definition) is 6. The summed E-state index contributed by atoms with van der Waals surface area (Å²) >= 11 is 1.49. The smallest absolute Gasteiger partial charge is 0.211 e. The molecule has 0 saturated carbocycles. The van der Waals surface area contributed by atoms with Gasteiger partial charge in [-0.25, -0.2) is 4.68 Å². The summed E-state index contributed by atoms with van der Waals surface area (Å²) in [5, 5.41) is 15.4. The maximum atomic E-state index is 4.93. The van der Waals surface area contributed by atoms with Crippen molar-refractivity contribution in [3.05, 3.63) is 0 Å². The van der Waals surface area contributed by atoms with Crippen molar-refractivity contribution in [3.8, 4) is 0 Å². The van der Waals surface area contributed by atoms with Gasteiger partial charge in [-0.15, -0.1) is 5.10 Å². The van der Waals surface area contributed by atoms with Crippen LogP contribution in [0, 0.1) is 0 Å². The fourth-order valence-electron chi connectivity index (χ4n) is 0.914. The molecule has 1 aromatic heterocycles. The van der Waals surface area contributed by atoms with Gasteiger partial charge in [0.25, 0.3) is 0 Å². The molecule has 0 unspecified atom stereocenters. The summed E-state index contributed by atoms with van der Waals surface area (Å²) in [6.45, 7) is 4.69. The van der Waals surface area contributed by atoms with Crippen LogP contribution in [0.1, 0.15) is 6.92 Å². The molecule has 6 nitrogen and oxygen atoms in total. The van der Waals surface area contributed by atoms with E-state index in [9.17, 15) is 0 Å². The maximum absolute atomic E-state index is 4.93. The molecule has 1 rings (SSSR count). The van der Waals surface area contributed by atoms with Crippen LogP contribution < -0.4 is 5.32 Å². The van der Waals surface area contributed by atoms with E-state index in [2.05, 4.69) is 27.8 Å². The highest BCUT2D eigenvalue weighted by molar-refractivity contribution is 7.99. The molecule has 14 heavy (non-hydrogen) atoms. The predicted molar refractivity (Wildman–Crippen MR) is 54.1 cm³/mol. The monoisotopic (exact) mass is 217 g/mol. The third kappa shape index (κ3) is 3.60. The predicted octanol–water partition coefficient (Wildman–Crippen LogP) is -0.0214. The Bertz CT molecular complexity index is 254. The summed E-state index contributed by atoms with van der Waals surface area (Å²) in [5.74, 6) is 0.571. The van der Waals surface area contributed by atoms with E-state index in [1.54, 1.807) is 11.8 Å². The first kappa shape index (κ1) is 11.4. The zero-order chi connectivity index (χ0) is 10.2. The van der Waals surface area contributed by atoms with Crippen LogP contribution in [-0.2, 0) is 11.3 Å². The van der Waals surface area contributed by atoms with E-state index in [-0.39, 0.29) is 0 Å². The Morgan fingerprint density at radius 2 is 2.43 bits per heavy atom. The molecule has 0 aliphatic carbocycles. The molecule has 0 atom stereocenters. The largest absolute Gasteiger partial charge is 0.374 e. The van der Waals surface area contributed by atoms with Gasteiger partial charge in [0.2, 0.25) is 5.16 Å². The number of nitrogens with zero attached hydrogens (tertiary/aromatic N) is 4. The summed E-state index contributed by atoms with van der Waals surface area (Å²) < 4.78 is 6.70. The Morgan fingerprint density at radius 3 is 3.14 bits per heavy atom. The Balaban J connectivity index is 2.37. The van der Waals surface area contributed by atoms with Gasteiger partial charge in [0.15, 0.2) is 0 Å². The second-order valence-corrected chi connectivity index (χ2v) is 3.48. The summed E-state index contributed by atoms with van der Waals surface area (Å²) in [5.41, 5.74) is 0. The van der Waals surface area contributed by atoms with Crippen LogP contribution in [0.15, 0.2) is 5.16 Å². The molecule has 0 aliphatic heterocycles. The van der Waals surface area contributed by atoms with Crippen molar-refractivity contribution in [2.75, 3.05) is 26.1 Å². The minimum Gasteiger partial charge on any atom is -0.374 e. The highest BCUT2D eigenvalue weighted by Gasteiger charge is 2.04. The first-order valence-electron chi connectivity index (χ1n) is 4.47. The van der Waals surface area contributed by atoms with Crippen LogP contribution in [0.5, 0.6) is 0 Å². The van der Waals surface area contributed by atoms with Crippen LogP contribution in [0.25, 0.3) is 0 Å². The average Bonchev–Trinajstić information content (AvgIpc) is 2.63. The Labute approximate surface area is 87.4 Å². The first-order valence-corrected chi connectivity index (χ1v) is 5.45. The van der Waals surface area contributed by atoms with E-state index in [1.807, 2.05) is 0 Å². The molecule has 0 aromatic carbocycles. The molecule has 1 aromatic rings. The van der Waals surface area contributed by atoms with Crippen LogP contribution in [0.4, 0.5) is 0 Å². The number of ether oxygens (including phenoxy) is 1. The van der Waals surface area contributed by atoms with Crippen molar-refractivity contribution in [1.29, 1.82) is 0 Å². The lowest BCUT2D eigenvalue weighted by Crippen LogP contribution is -2.20. The topological polar surface area (TPSA) is 64.9 Å². The molecule has 0 fully saturated rings. The third-order valence-corrected chi connectivity index (χ3v) is 2.46. The standard InChI is InChI=1S/C7H15N5OS/c1-3-8-4-5-12-7(9-10-11-12)14-6-13-2/h8H,3-6H2,1-2H3. The number of likely N-dealkylation sites (N-methyl/N-ethyl adjacent to an activating group) is 1. The number of thioether (sulfide) groups is 1. The average molecular weight is 217 g/mol. The number of methoxy groups -OCH3 is 1. The maximum Gasteiger partial charge on any atom is 0.211 e. The summed E-state index contributed by atoms with van der Waals surface area (Å²) in [6.07, 6.45) is 0. The van der Waals surface area contributed by atoms with Crippen molar-refractivity contribution >= 4 is 11.8 Å². The molecule has 1 heterocycles. The van der Waals surface area contributed by atoms with Gasteiger partial charge in [-0.1, -0.05) is 18.7 Å². The molecule has 80 valence electrons. The number of tetrazole rings is 1. The van der Waals surface area contributed by atoms with E-state index >= 15 is 0 Å². The van der Waals surface area contributed by atoms with Gasteiger partial charge in [0.05, 0.1) is 12.5 Å². The van der Waals surface area contributed by atoms with Gasteiger partial charge in [-0.3, -0.25) is 0 Å². The van der Waals surface area contributed by atoms with E-state index in [1.165, 1.54) is 11.8 Å². The Kier molecular flexibility index (Phi) is 5.50. The molecule has 0 radical (unpaired) electrons. The van der Waals surface area contributed by atoms with Crippen molar-refractivity contribution in [2.24, 2.45) is 0 Å². The minimum absolute atomic E-state index is 0.571. The van der Waals surface area contributed by atoms with Crippen molar-refractivity contribution < 1.29 is 4.74 Å². The molecule has 0 saturated heterocycles. The number of aromatic nitrogens is 4. The Hall–Kier alpha value is -0.660. The van der Waals surface area contributed by atoms with Crippen LogP contribution >= 0.6 is 11.8 Å². The number of hydrogen-bond donors (Lipinski definition) is 1. The lowest BCUT2D eigenvalue weighted by atomic mass is 10.6. The molecule has 0 spiro atoms. The van der Waals surface area contributed by atoms with Crippen molar-refractivity contribution in [1.82, 2.24) is 25.5 Å². The molecular formula is C7H15N5OS. The van der Waals surface area contributed by atoms with Gasteiger partial charge in [-0.05, 0) is 17.0 Å². The van der Waals surface area contributed by atoms with Crippen LogP contribution in [0.2, 0.25) is 0 Å². The van der Waals surface area contributed by atoms with Gasteiger partial charge >= 0.3 is 0 Å². The van der Waals surface area contributed by atoms with Gasteiger partial charge in [0, 0.05) is 13.7 Å². The lowest BCUT2D eigenvalue weighted by molar-refractivity contribution is 0.258. The minimum atomic E-state index is 0.571. The molecule has 0 aliphatic rings. The van der Waals surface area contributed by atoms with Crippen molar-refractivity contribution in [3.63, 3.8) is 0 Å².